The van der Waals surface area contributed by atoms with Gasteiger partial charge in [-0.05, 0) is 25.3 Å². The summed E-state index contributed by atoms with van der Waals surface area (Å²) in [6.45, 7) is 12.7. The summed E-state index contributed by atoms with van der Waals surface area (Å²) >= 11 is 0. The number of piperazine rings is 1. The van der Waals surface area contributed by atoms with E-state index in [1.807, 2.05) is 0 Å². The SMILES string of the molecule is CC(C)C[C@H](N)C(=O)NCC(C)CN1CCN(C)CC1.Cl.Cl.Cl. The minimum absolute atomic E-state index is 0. The number of hydrogen-bond acceptors (Lipinski definition) is 4. The molecule has 0 spiro atoms. The fraction of sp³-hybridized carbons (Fsp3) is 0.933. The lowest BCUT2D eigenvalue weighted by Gasteiger charge is -2.34. The predicted molar refractivity (Wildman–Crippen MR) is 105 cm³/mol. The third kappa shape index (κ3) is 12.3. The molecule has 0 aliphatic carbocycles. The zero-order valence-electron chi connectivity index (χ0n) is 14.8. The van der Waals surface area contributed by atoms with Gasteiger partial charge >= 0.3 is 0 Å². The van der Waals surface area contributed by atoms with E-state index in [0.717, 1.165) is 45.7 Å². The highest BCUT2D eigenvalue weighted by atomic mass is 35.5. The van der Waals surface area contributed by atoms with Crippen LogP contribution in [0.1, 0.15) is 27.2 Å². The molecule has 0 aromatic heterocycles. The Morgan fingerprint density at radius 1 is 1.09 bits per heavy atom. The van der Waals surface area contributed by atoms with Crippen molar-refractivity contribution in [2.45, 2.75) is 33.2 Å². The number of halogens is 3. The van der Waals surface area contributed by atoms with Gasteiger partial charge in [-0.25, -0.2) is 0 Å². The van der Waals surface area contributed by atoms with Crippen molar-refractivity contribution < 1.29 is 4.79 Å². The van der Waals surface area contributed by atoms with Crippen LogP contribution in [-0.2, 0) is 4.79 Å². The van der Waals surface area contributed by atoms with E-state index >= 15 is 0 Å². The lowest BCUT2D eigenvalue weighted by molar-refractivity contribution is -0.122. The average Bonchev–Trinajstić information content (AvgIpc) is 2.38. The topological polar surface area (TPSA) is 61.6 Å². The third-order valence-corrected chi connectivity index (χ3v) is 3.85. The molecule has 0 aromatic rings. The fourth-order valence-corrected chi connectivity index (χ4v) is 2.56. The van der Waals surface area contributed by atoms with Crippen molar-refractivity contribution in [3.05, 3.63) is 0 Å². The number of likely N-dealkylation sites (N-methyl/N-ethyl adjacent to an activating group) is 1. The van der Waals surface area contributed by atoms with Gasteiger partial charge in [0.25, 0.3) is 0 Å². The lowest BCUT2D eigenvalue weighted by atomic mass is 10.0. The van der Waals surface area contributed by atoms with Gasteiger partial charge in [0.2, 0.25) is 5.91 Å². The van der Waals surface area contributed by atoms with Crippen molar-refractivity contribution in [2.24, 2.45) is 17.6 Å². The number of carbonyl (C=O) groups is 1. The Labute approximate surface area is 160 Å². The second-order valence-electron chi connectivity index (χ2n) is 6.69. The zero-order chi connectivity index (χ0) is 15.1. The van der Waals surface area contributed by atoms with Crippen LogP contribution in [0.4, 0.5) is 0 Å². The van der Waals surface area contributed by atoms with E-state index in [0.29, 0.717) is 11.8 Å². The molecule has 1 aliphatic heterocycles. The van der Waals surface area contributed by atoms with Gasteiger partial charge in [0, 0.05) is 39.3 Å². The standard InChI is InChI=1S/C15H32N4O.3ClH/c1-12(2)9-14(16)15(20)17-10-13(3)11-19-7-5-18(4)6-8-19;;;/h12-14H,5-11,16H2,1-4H3,(H,17,20);3*1H/t13?,14-;;;/m0.../s1. The third-order valence-electron chi connectivity index (χ3n) is 3.85. The van der Waals surface area contributed by atoms with E-state index in [1.165, 1.54) is 0 Å². The first kappa shape index (κ1) is 28.0. The molecule has 1 unspecified atom stereocenters. The van der Waals surface area contributed by atoms with Gasteiger partial charge in [-0.15, -0.1) is 37.2 Å². The first-order valence-electron chi connectivity index (χ1n) is 7.82. The maximum atomic E-state index is 11.9. The van der Waals surface area contributed by atoms with Crippen LogP contribution in [0.5, 0.6) is 0 Å². The summed E-state index contributed by atoms with van der Waals surface area (Å²) in [5.74, 6) is 0.913. The van der Waals surface area contributed by atoms with Crippen LogP contribution in [0.15, 0.2) is 0 Å². The Morgan fingerprint density at radius 3 is 2.09 bits per heavy atom. The van der Waals surface area contributed by atoms with Crippen molar-refractivity contribution in [3.63, 3.8) is 0 Å². The van der Waals surface area contributed by atoms with Gasteiger partial charge in [-0.1, -0.05) is 20.8 Å². The van der Waals surface area contributed by atoms with E-state index in [9.17, 15) is 4.79 Å². The minimum Gasteiger partial charge on any atom is -0.354 e. The van der Waals surface area contributed by atoms with Crippen molar-refractivity contribution in [2.75, 3.05) is 46.3 Å². The molecule has 1 fully saturated rings. The molecule has 23 heavy (non-hydrogen) atoms. The van der Waals surface area contributed by atoms with Crippen LogP contribution < -0.4 is 11.1 Å². The van der Waals surface area contributed by atoms with Crippen LogP contribution >= 0.6 is 37.2 Å². The molecule has 1 rings (SSSR count). The Kier molecular flexibility index (Phi) is 17.7. The Hall–Kier alpha value is 0.220. The number of carbonyl (C=O) groups excluding carboxylic acids is 1. The molecule has 0 saturated carbocycles. The zero-order valence-corrected chi connectivity index (χ0v) is 17.2. The molecule has 0 aromatic carbocycles. The van der Waals surface area contributed by atoms with Crippen LogP contribution in [0, 0.1) is 11.8 Å². The van der Waals surface area contributed by atoms with Gasteiger partial charge in [0.05, 0.1) is 6.04 Å². The van der Waals surface area contributed by atoms with E-state index in [-0.39, 0.29) is 49.2 Å². The smallest absolute Gasteiger partial charge is 0.236 e. The number of rotatable bonds is 7. The molecule has 1 saturated heterocycles. The Balaban J connectivity index is -0.00000133. The molecular weight excluding hydrogens is 359 g/mol. The van der Waals surface area contributed by atoms with Gasteiger partial charge in [0.1, 0.15) is 0 Å². The monoisotopic (exact) mass is 392 g/mol. The molecule has 5 nitrogen and oxygen atoms in total. The highest BCUT2D eigenvalue weighted by Crippen LogP contribution is 2.05. The fourth-order valence-electron chi connectivity index (χ4n) is 2.56. The van der Waals surface area contributed by atoms with Crippen LogP contribution in [0.2, 0.25) is 0 Å². The second-order valence-corrected chi connectivity index (χ2v) is 6.69. The van der Waals surface area contributed by atoms with Crippen molar-refractivity contribution in [1.82, 2.24) is 15.1 Å². The Bertz CT molecular complexity index is 300. The predicted octanol–water partition coefficient (Wildman–Crippen LogP) is 1.62. The molecule has 8 heteroatoms. The van der Waals surface area contributed by atoms with Crippen molar-refractivity contribution >= 4 is 43.1 Å². The number of nitrogens with two attached hydrogens (primary N) is 1. The molecule has 0 radical (unpaired) electrons. The first-order valence-corrected chi connectivity index (χ1v) is 7.82. The average molecular weight is 394 g/mol. The van der Waals surface area contributed by atoms with Crippen LogP contribution in [-0.4, -0.2) is 68.1 Å². The van der Waals surface area contributed by atoms with Gasteiger partial charge in [0.15, 0.2) is 0 Å². The highest BCUT2D eigenvalue weighted by molar-refractivity contribution is 5.86. The maximum absolute atomic E-state index is 11.9. The summed E-state index contributed by atoms with van der Waals surface area (Å²) in [6, 6.07) is -0.370. The molecule has 3 N–H and O–H groups in total. The second kappa shape index (κ2) is 14.6. The Morgan fingerprint density at radius 2 is 1.61 bits per heavy atom. The highest BCUT2D eigenvalue weighted by Gasteiger charge is 2.18. The molecule has 2 atom stereocenters. The van der Waals surface area contributed by atoms with Gasteiger partial charge in [-0.3, -0.25) is 4.79 Å². The van der Waals surface area contributed by atoms with E-state index in [1.54, 1.807) is 0 Å². The molecule has 142 valence electrons. The van der Waals surface area contributed by atoms with E-state index in [4.69, 9.17) is 5.73 Å². The number of hydrogen-bond donors (Lipinski definition) is 2. The quantitative estimate of drug-likeness (QED) is 0.690. The van der Waals surface area contributed by atoms with Gasteiger partial charge in [-0.2, -0.15) is 0 Å². The van der Waals surface area contributed by atoms with Crippen molar-refractivity contribution in [1.29, 1.82) is 0 Å². The van der Waals surface area contributed by atoms with Crippen LogP contribution in [0.3, 0.4) is 0 Å². The van der Waals surface area contributed by atoms with Crippen LogP contribution in [0.25, 0.3) is 0 Å². The van der Waals surface area contributed by atoms with Gasteiger partial charge < -0.3 is 20.9 Å². The lowest BCUT2D eigenvalue weighted by Crippen LogP contribution is -2.48. The van der Waals surface area contributed by atoms with E-state index in [2.05, 4.69) is 42.9 Å². The van der Waals surface area contributed by atoms with Crippen molar-refractivity contribution in [3.8, 4) is 0 Å². The summed E-state index contributed by atoms with van der Waals surface area (Å²) in [4.78, 5) is 16.7. The number of nitrogens with one attached hydrogen (secondary N) is 1. The summed E-state index contributed by atoms with van der Waals surface area (Å²) in [5, 5.41) is 2.98. The molecule has 1 aliphatic rings. The summed E-state index contributed by atoms with van der Waals surface area (Å²) in [6.07, 6.45) is 0.749. The summed E-state index contributed by atoms with van der Waals surface area (Å²) in [5.41, 5.74) is 5.88. The number of amides is 1. The normalized spacial score (nSPS) is 18.2. The summed E-state index contributed by atoms with van der Waals surface area (Å²) < 4.78 is 0. The maximum Gasteiger partial charge on any atom is 0.236 e. The summed E-state index contributed by atoms with van der Waals surface area (Å²) in [7, 11) is 2.16. The minimum atomic E-state index is -0.370. The molecule has 1 amide bonds. The molecular formula is C15H35Cl3N4O. The first-order chi connectivity index (χ1) is 9.38. The largest absolute Gasteiger partial charge is 0.354 e. The molecule has 0 bridgehead atoms. The van der Waals surface area contributed by atoms with E-state index < -0.39 is 0 Å². The number of nitrogens with zero attached hydrogens (tertiary/aromatic N) is 2. The molecule has 1 heterocycles.